The fraction of sp³-hybridized carbons (Fsp3) is 0.545. The number of rotatable bonds is 5. The molecule has 1 aliphatic rings. The second kappa shape index (κ2) is 4.46. The molecule has 0 aliphatic heterocycles. The van der Waals surface area contributed by atoms with Gasteiger partial charge >= 0.3 is 5.82 Å². The summed E-state index contributed by atoms with van der Waals surface area (Å²) < 4.78 is 6.98. The van der Waals surface area contributed by atoms with Crippen LogP contribution in [0.15, 0.2) is 11.6 Å². The third-order valence-corrected chi connectivity index (χ3v) is 4.44. The lowest BCUT2D eigenvalue weighted by atomic mass is 9.80. The van der Waals surface area contributed by atoms with E-state index in [1.807, 2.05) is 0 Å². The Morgan fingerprint density at radius 2 is 2.47 bits per heavy atom. The fourth-order valence-electron chi connectivity index (χ4n) is 2.34. The van der Waals surface area contributed by atoms with E-state index < -0.39 is 4.92 Å². The number of thiazole rings is 1. The van der Waals surface area contributed by atoms with Crippen LogP contribution in [0.5, 0.6) is 0 Å². The smallest absolute Gasteiger partial charge is 0.372 e. The Balaban J connectivity index is 1.86. The van der Waals surface area contributed by atoms with Crippen LogP contribution < -0.4 is 5.32 Å². The maximum Gasteiger partial charge on any atom is 0.372 e. The van der Waals surface area contributed by atoms with E-state index in [2.05, 4.69) is 10.3 Å². The molecule has 8 heteroatoms. The van der Waals surface area contributed by atoms with Crippen LogP contribution in [0.1, 0.15) is 19.3 Å². The van der Waals surface area contributed by atoms with E-state index in [0.29, 0.717) is 17.3 Å². The van der Waals surface area contributed by atoms with Crippen molar-refractivity contribution < 1.29 is 9.66 Å². The van der Waals surface area contributed by atoms with Crippen molar-refractivity contribution in [2.45, 2.75) is 24.9 Å². The van der Waals surface area contributed by atoms with Gasteiger partial charge in [0.05, 0.1) is 5.60 Å². The van der Waals surface area contributed by atoms with Crippen LogP contribution in [0.3, 0.4) is 0 Å². The molecule has 0 saturated heterocycles. The Kier molecular flexibility index (Phi) is 2.90. The zero-order chi connectivity index (χ0) is 13.5. The average Bonchev–Trinajstić information content (AvgIpc) is 2.87. The van der Waals surface area contributed by atoms with Gasteiger partial charge in [0.25, 0.3) is 4.96 Å². The molecule has 2 heterocycles. The molecule has 0 amide bonds. The molecule has 0 radical (unpaired) electrons. The lowest BCUT2D eigenvalue weighted by molar-refractivity contribution is -0.389. The van der Waals surface area contributed by atoms with Crippen molar-refractivity contribution in [1.29, 1.82) is 0 Å². The number of nitrogens with one attached hydrogen (secondary N) is 1. The average molecular weight is 282 g/mol. The molecule has 2 aromatic rings. The van der Waals surface area contributed by atoms with Crippen LogP contribution in [0, 0.1) is 10.1 Å². The van der Waals surface area contributed by atoms with Crippen molar-refractivity contribution in [3.05, 3.63) is 21.7 Å². The first-order chi connectivity index (χ1) is 9.15. The summed E-state index contributed by atoms with van der Waals surface area (Å²) in [4.78, 5) is 15.6. The highest BCUT2D eigenvalue weighted by Crippen LogP contribution is 2.36. The van der Waals surface area contributed by atoms with Crippen molar-refractivity contribution >= 4 is 27.9 Å². The number of ether oxygens (including phenoxy) is 1. The first-order valence-electron chi connectivity index (χ1n) is 6.04. The molecule has 0 bridgehead atoms. The molecule has 0 aromatic carbocycles. The Hall–Kier alpha value is -1.67. The molecular formula is C11H14N4O3S. The first kappa shape index (κ1) is 12.4. The zero-order valence-electron chi connectivity index (χ0n) is 10.5. The summed E-state index contributed by atoms with van der Waals surface area (Å²) in [6.45, 7) is 0.551. The minimum atomic E-state index is -0.407. The van der Waals surface area contributed by atoms with E-state index in [1.54, 1.807) is 18.7 Å². The summed E-state index contributed by atoms with van der Waals surface area (Å²) in [5.41, 5.74) is -0.190. The minimum absolute atomic E-state index is 0.0122. The molecule has 3 rings (SSSR count). The van der Waals surface area contributed by atoms with E-state index in [4.69, 9.17) is 4.74 Å². The highest BCUT2D eigenvalue weighted by atomic mass is 32.1. The van der Waals surface area contributed by atoms with Gasteiger partial charge in [0.2, 0.25) is 5.82 Å². The summed E-state index contributed by atoms with van der Waals surface area (Å²) in [6.07, 6.45) is 4.75. The van der Waals surface area contributed by atoms with Crippen molar-refractivity contribution in [1.82, 2.24) is 9.38 Å². The summed E-state index contributed by atoms with van der Waals surface area (Å²) in [7, 11) is 1.68. The molecule has 0 unspecified atom stereocenters. The predicted molar refractivity (Wildman–Crippen MR) is 71.8 cm³/mol. The molecular weight excluding hydrogens is 268 g/mol. The van der Waals surface area contributed by atoms with Crippen LogP contribution in [-0.4, -0.2) is 33.6 Å². The van der Waals surface area contributed by atoms with Crippen LogP contribution in [0.25, 0.3) is 4.96 Å². The van der Waals surface area contributed by atoms with Crippen molar-refractivity contribution in [2.24, 2.45) is 0 Å². The second-order valence-corrected chi connectivity index (χ2v) is 5.56. The second-order valence-electron chi connectivity index (χ2n) is 4.69. The van der Waals surface area contributed by atoms with Gasteiger partial charge in [-0.05, 0) is 24.2 Å². The standard InChI is InChI=1S/C11H14N4O3S/c1-18-11(3-2-4-11)7-12-8-9(15(16)17)14-5-6-19-10(14)13-8/h5-6,12H,2-4,7H2,1H3. The number of aromatic nitrogens is 2. The van der Waals surface area contributed by atoms with Crippen LogP contribution in [0.4, 0.5) is 11.6 Å². The number of anilines is 1. The molecule has 0 atom stereocenters. The topological polar surface area (TPSA) is 81.7 Å². The highest BCUT2D eigenvalue weighted by molar-refractivity contribution is 7.15. The Labute approximate surface area is 113 Å². The Morgan fingerprint density at radius 3 is 3.05 bits per heavy atom. The molecule has 19 heavy (non-hydrogen) atoms. The van der Waals surface area contributed by atoms with Crippen molar-refractivity contribution in [3.63, 3.8) is 0 Å². The number of nitro groups is 1. The molecule has 1 saturated carbocycles. The number of imidazole rings is 1. The van der Waals surface area contributed by atoms with Gasteiger partial charge in [-0.15, -0.1) is 0 Å². The molecule has 2 aromatic heterocycles. The summed E-state index contributed by atoms with van der Waals surface area (Å²) in [5, 5.41) is 16.0. The van der Waals surface area contributed by atoms with Gasteiger partial charge in [0.1, 0.15) is 6.20 Å². The summed E-state index contributed by atoms with van der Waals surface area (Å²) in [5.74, 6) is 0.307. The third-order valence-electron chi connectivity index (χ3n) is 3.69. The first-order valence-corrected chi connectivity index (χ1v) is 6.92. The van der Waals surface area contributed by atoms with Gasteiger partial charge in [-0.3, -0.25) is 0 Å². The van der Waals surface area contributed by atoms with Gasteiger partial charge in [0, 0.05) is 19.0 Å². The van der Waals surface area contributed by atoms with E-state index in [-0.39, 0.29) is 11.4 Å². The monoisotopic (exact) mass is 282 g/mol. The molecule has 1 N–H and O–H groups in total. The maximum atomic E-state index is 11.2. The van der Waals surface area contributed by atoms with E-state index in [0.717, 1.165) is 19.3 Å². The quantitative estimate of drug-likeness (QED) is 0.672. The highest BCUT2D eigenvalue weighted by Gasteiger charge is 2.37. The van der Waals surface area contributed by atoms with Crippen LogP contribution in [0.2, 0.25) is 0 Å². The fourth-order valence-corrected chi connectivity index (χ4v) is 3.05. The maximum absolute atomic E-state index is 11.2. The lowest BCUT2D eigenvalue weighted by Crippen LogP contribution is -2.45. The number of hydrogen-bond acceptors (Lipinski definition) is 6. The van der Waals surface area contributed by atoms with Gasteiger partial charge in [-0.2, -0.15) is 9.38 Å². The van der Waals surface area contributed by atoms with Gasteiger partial charge in [0.15, 0.2) is 0 Å². The summed E-state index contributed by atoms with van der Waals surface area (Å²) >= 11 is 1.37. The molecule has 0 spiro atoms. The number of fused-ring (bicyclic) bond motifs is 1. The predicted octanol–water partition coefficient (Wildman–Crippen LogP) is 2.29. The van der Waals surface area contributed by atoms with Gasteiger partial charge < -0.3 is 20.2 Å². The van der Waals surface area contributed by atoms with Crippen molar-refractivity contribution in [2.75, 3.05) is 19.0 Å². The molecule has 7 nitrogen and oxygen atoms in total. The third kappa shape index (κ3) is 1.96. The number of hydrogen-bond donors (Lipinski definition) is 1. The van der Waals surface area contributed by atoms with E-state index in [1.165, 1.54) is 15.7 Å². The Bertz CT molecular complexity index is 611. The van der Waals surface area contributed by atoms with Gasteiger partial charge in [-0.1, -0.05) is 11.3 Å². The molecule has 102 valence electrons. The van der Waals surface area contributed by atoms with Gasteiger partial charge in [-0.25, -0.2) is 0 Å². The number of nitrogens with zero attached hydrogens (tertiary/aromatic N) is 3. The summed E-state index contributed by atoms with van der Waals surface area (Å²) in [6, 6.07) is 0. The largest absolute Gasteiger partial charge is 0.376 e. The number of methoxy groups -OCH3 is 1. The minimum Gasteiger partial charge on any atom is -0.376 e. The van der Waals surface area contributed by atoms with E-state index >= 15 is 0 Å². The van der Waals surface area contributed by atoms with Crippen LogP contribution >= 0.6 is 11.3 Å². The SMILES string of the molecule is COC1(CNc2nc3sccn3c2[N+](=O)[O-])CCC1. The molecule has 1 fully saturated rings. The van der Waals surface area contributed by atoms with Crippen molar-refractivity contribution in [3.8, 4) is 0 Å². The zero-order valence-corrected chi connectivity index (χ0v) is 11.3. The molecule has 1 aliphatic carbocycles. The lowest BCUT2D eigenvalue weighted by Gasteiger charge is -2.40. The normalized spacial score (nSPS) is 17.3. The van der Waals surface area contributed by atoms with E-state index in [9.17, 15) is 10.1 Å². The van der Waals surface area contributed by atoms with Crippen LogP contribution in [-0.2, 0) is 4.74 Å². The Morgan fingerprint density at radius 1 is 1.68 bits per heavy atom.